The Bertz CT molecular complexity index is 542. The van der Waals surface area contributed by atoms with Crippen LogP contribution in [-0.2, 0) is 0 Å². The van der Waals surface area contributed by atoms with Crippen molar-refractivity contribution >= 4 is 38.9 Å². The molecule has 2 heterocycles. The monoisotopic (exact) mass is 312 g/mol. The molecular weight excluding hydrogens is 304 g/mol. The Balaban J connectivity index is 2.20. The van der Waals surface area contributed by atoms with Gasteiger partial charge in [-0.1, -0.05) is 0 Å². The van der Waals surface area contributed by atoms with Crippen molar-refractivity contribution in [3.8, 4) is 5.75 Å². The molecule has 2 rings (SSSR count). The van der Waals surface area contributed by atoms with E-state index >= 15 is 0 Å². The second-order valence-electron chi connectivity index (χ2n) is 3.13. The quantitative estimate of drug-likeness (QED) is 0.947. The van der Waals surface area contributed by atoms with Crippen LogP contribution in [-0.4, -0.2) is 18.0 Å². The highest BCUT2D eigenvalue weighted by molar-refractivity contribution is 9.10. The lowest BCUT2D eigenvalue weighted by Crippen LogP contribution is -2.11. The fourth-order valence-corrected chi connectivity index (χ4v) is 2.38. The third-order valence-corrected chi connectivity index (χ3v) is 3.60. The summed E-state index contributed by atoms with van der Waals surface area (Å²) in [5, 5.41) is 4.61. The summed E-state index contributed by atoms with van der Waals surface area (Å²) in [6.07, 6.45) is 3.24. The number of halogens is 1. The fraction of sp³-hybridized carbons (Fsp3) is 0.0909. The summed E-state index contributed by atoms with van der Waals surface area (Å²) in [6, 6.07) is 3.49. The summed E-state index contributed by atoms with van der Waals surface area (Å²) >= 11 is 4.66. The first kappa shape index (κ1) is 12.1. The maximum atomic E-state index is 12.0. The van der Waals surface area contributed by atoms with Gasteiger partial charge >= 0.3 is 0 Å². The predicted octanol–water partition coefficient (Wildman–Crippen LogP) is 3.17. The van der Waals surface area contributed by atoms with Crippen molar-refractivity contribution in [2.75, 3.05) is 12.4 Å². The van der Waals surface area contributed by atoms with E-state index in [1.807, 2.05) is 5.38 Å². The summed E-state index contributed by atoms with van der Waals surface area (Å²) in [5.41, 5.74) is 0.681. The molecule has 0 atom stereocenters. The van der Waals surface area contributed by atoms with E-state index in [2.05, 4.69) is 26.2 Å². The molecule has 0 unspecified atom stereocenters. The number of methoxy groups -OCH3 is 1. The molecule has 0 aliphatic heterocycles. The van der Waals surface area contributed by atoms with Crippen LogP contribution < -0.4 is 10.1 Å². The van der Waals surface area contributed by atoms with E-state index in [-0.39, 0.29) is 5.91 Å². The van der Waals surface area contributed by atoms with Crippen LogP contribution in [0.25, 0.3) is 0 Å². The van der Waals surface area contributed by atoms with Crippen LogP contribution in [0, 0.1) is 0 Å². The summed E-state index contributed by atoms with van der Waals surface area (Å²) in [5.74, 6) is 0.390. The molecule has 17 heavy (non-hydrogen) atoms. The van der Waals surface area contributed by atoms with Gasteiger partial charge in [0.1, 0.15) is 10.6 Å². The van der Waals surface area contributed by atoms with Gasteiger partial charge in [0.25, 0.3) is 5.91 Å². The predicted molar refractivity (Wildman–Crippen MR) is 70.8 cm³/mol. The summed E-state index contributed by atoms with van der Waals surface area (Å²) in [4.78, 5) is 16.5. The van der Waals surface area contributed by atoms with Gasteiger partial charge in [0.05, 0.1) is 17.3 Å². The van der Waals surface area contributed by atoms with Crippen molar-refractivity contribution in [3.63, 3.8) is 0 Å². The SMILES string of the molecule is COc1ccsc1C(=O)Nc1ccncc1Br. The van der Waals surface area contributed by atoms with E-state index in [1.54, 1.807) is 31.6 Å². The van der Waals surface area contributed by atoms with Gasteiger partial charge in [-0.05, 0) is 33.4 Å². The third-order valence-electron chi connectivity index (χ3n) is 2.08. The number of anilines is 1. The van der Waals surface area contributed by atoms with Crippen molar-refractivity contribution in [1.29, 1.82) is 0 Å². The van der Waals surface area contributed by atoms with Gasteiger partial charge in [0.2, 0.25) is 0 Å². The maximum absolute atomic E-state index is 12.0. The number of ether oxygens (including phenoxy) is 1. The average Bonchev–Trinajstić information content (AvgIpc) is 2.80. The van der Waals surface area contributed by atoms with Crippen LogP contribution in [0.3, 0.4) is 0 Å². The molecule has 0 fully saturated rings. The Morgan fingerprint density at radius 3 is 3.06 bits per heavy atom. The van der Waals surface area contributed by atoms with E-state index in [9.17, 15) is 4.79 Å². The molecule has 4 nitrogen and oxygen atoms in total. The van der Waals surface area contributed by atoms with Crippen molar-refractivity contribution in [2.45, 2.75) is 0 Å². The van der Waals surface area contributed by atoms with Gasteiger partial charge < -0.3 is 10.1 Å². The molecule has 0 saturated heterocycles. The molecule has 0 bridgehead atoms. The zero-order chi connectivity index (χ0) is 12.3. The van der Waals surface area contributed by atoms with Crippen LogP contribution in [0.1, 0.15) is 9.67 Å². The largest absolute Gasteiger partial charge is 0.495 e. The average molecular weight is 313 g/mol. The van der Waals surface area contributed by atoms with E-state index < -0.39 is 0 Å². The number of hydrogen-bond acceptors (Lipinski definition) is 4. The Kier molecular flexibility index (Phi) is 3.75. The number of thiophene rings is 1. The molecule has 1 amide bonds. The Labute approximate surface area is 111 Å². The zero-order valence-corrected chi connectivity index (χ0v) is 11.3. The summed E-state index contributed by atoms with van der Waals surface area (Å²) in [7, 11) is 1.54. The number of aromatic nitrogens is 1. The van der Waals surface area contributed by atoms with E-state index in [1.165, 1.54) is 11.3 Å². The Morgan fingerprint density at radius 1 is 1.53 bits per heavy atom. The molecule has 0 radical (unpaired) electrons. The topological polar surface area (TPSA) is 51.2 Å². The number of rotatable bonds is 3. The minimum atomic E-state index is -0.191. The molecule has 6 heteroatoms. The van der Waals surface area contributed by atoms with Gasteiger partial charge in [0, 0.05) is 12.4 Å². The summed E-state index contributed by atoms with van der Waals surface area (Å²) < 4.78 is 5.84. The molecule has 0 aliphatic carbocycles. The lowest BCUT2D eigenvalue weighted by Gasteiger charge is -2.06. The van der Waals surface area contributed by atoms with Gasteiger partial charge in [0.15, 0.2) is 0 Å². The second-order valence-corrected chi connectivity index (χ2v) is 4.90. The number of nitrogens with one attached hydrogen (secondary N) is 1. The third kappa shape index (κ3) is 2.65. The number of amides is 1. The molecule has 0 aromatic carbocycles. The molecule has 0 spiro atoms. The minimum Gasteiger partial charge on any atom is -0.495 e. The van der Waals surface area contributed by atoms with Crippen LogP contribution in [0.2, 0.25) is 0 Å². The van der Waals surface area contributed by atoms with Crippen LogP contribution in [0.15, 0.2) is 34.4 Å². The zero-order valence-electron chi connectivity index (χ0n) is 8.94. The maximum Gasteiger partial charge on any atom is 0.269 e. The highest BCUT2D eigenvalue weighted by atomic mass is 79.9. The van der Waals surface area contributed by atoms with E-state index in [4.69, 9.17) is 4.74 Å². The number of carbonyl (C=O) groups is 1. The molecule has 2 aromatic rings. The van der Waals surface area contributed by atoms with Gasteiger partial charge in [-0.25, -0.2) is 0 Å². The van der Waals surface area contributed by atoms with Crippen molar-refractivity contribution in [3.05, 3.63) is 39.3 Å². The minimum absolute atomic E-state index is 0.191. The molecule has 1 N–H and O–H groups in total. The lowest BCUT2D eigenvalue weighted by atomic mass is 10.3. The van der Waals surface area contributed by atoms with Crippen LogP contribution in [0.4, 0.5) is 5.69 Å². The smallest absolute Gasteiger partial charge is 0.269 e. The van der Waals surface area contributed by atoms with Crippen molar-refractivity contribution in [2.24, 2.45) is 0 Å². The molecule has 88 valence electrons. The highest BCUT2D eigenvalue weighted by Crippen LogP contribution is 2.27. The normalized spacial score (nSPS) is 10.0. The fourth-order valence-electron chi connectivity index (χ4n) is 1.28. The first-order valence-corrected chi connectivity index (χ1v) is 6.42. The molecule has 0 aliphatic rings. The van der Waals surface area contributed by atoms with E-state index in [0.29, 0.717) is 16.3 Å². The molecular formula is C11H9BrN2O2S. The van der Waals surface area contributed by atoms with Crippen molar-refractivity contribution < 1.29 is 9.53 Å². The van der Waals surface area contributed by atoms with E-state index in [0.717, 1.165) is 4.47 Å². The first-order valence-electron chi connectivity index (χ1n) is 4.74. The number of nitrogens with zero attached hydrogens (tertiary/aromatic N) is 1. The van der Waals surface area contributed by atoms with Crippen LogP contribution in [0.5, 0.6) is 5.75 Å². The van der Waals surface area contributed by atoms with Gasteiger partial charge in [-0.3, -0.25) is 9.78 Å². The number of hydrogen-bond donors (Lipinski definition) is 1. The van der Waals surface area contributed by atoms with Crippen molar-refractivity contribution in [1.82, 2.24) is 4.98 Å². The standard InChI is InChI=1S/C11H9BrN2O2S/c1-16-9-3-5-17-10(9)11(15)14-8-2-4-13-6-7(8)12/h2-6H,1H3,(H,13,14,15). The molecule has 2 aromatic heterocycles. The van der Waals surface area contributed by atoms with Gasteiger partial charge in [-0.2, -0.15) is 0 Å². The lowest BCUT2D eigenvalue weighted by molar-refractivity contribution is 0.102. The highest BCUT2D eigenvalue weighted by Gasteiger charge is 2.14. The number of pyridine rings is 1. The summed E-state index contributed by atoms with van der Waals surface area (Å²) in [6.45, 7) is 0. The first-order chi connectivity index (χ1) is 8.22. The Hall–Kier alpha value is -1.40. The Morgan fingerprint density at radius 2 is 2.35 bits per heavy atom. The van der Waals surface area contributed by atoms with Gasteiger partial charge in [-0.15, -0.1) is 11.3 Å². The second kappa shape index (κ2) is 5.29. The van der Waals surface area contributed by atoms with Crippen LogP contribution >= 0.6 is 27.3 Å². The number of carbonyl (C=O) groups excluding carboxylic acids is 1. The molecule has 0 saturated carbocycles.